The minimum atomic E-state index is -0.440. The molecule has 6 heteroatoms. The minimum absolute atomic E-state index is 0.0565. The number of nitrogens with one attached hydrogen (secondary N) is 3. The van der Waals surface area contributed by atoms with Crippen LogP contribution in [0.15, 0.2) is 22.8 Å². The fraction of sp³-hybridized carbons (Fsp3) is 0.538. The highest BCUT2D eigenvalue weighted by molar-refractivity contribution is 5.94. The topological polar surface area (TPSA) is 75.8 Å². The third kappa shape index (κ3) is 6.05. The Morgan fingerprint density at radius 2 is 2.21 bits per heavy atom. The lowest BCUT2D eigenvalue weighted by molar-refractivity contribution is -0.886. The maximum absolute atomic E-state index is 11.6. The van der Waals surface area contributed by atoms with Crippen LogP contribution >= 0.6 is 0 Å². The average Bonchev–Trinajstić information content (AvgIpc) is 2.80. The number of furan rings is 1. The van der Waals surface area contributed by atoms with Crippen molar-refractivity contribution in [3.05, 3.63) is 24.2 Å². The molecular weight excluding hydrogens is 246 g/mol. The van der Waals surface area contributed by atoms with Crippen LogP contribution in [0.5, 0.6) is 0 Å². The predicted molar refractivity (Wildman–Crippen MR) is 70.6 cm³/mol. The molecule has 3 N–H and O–H groups in total. The number of hydrogen-bond donors (Lipinski definition) is 3. The van der Waals surface area contributed by atoms with Crippen molar-refractivity contribution in [3.63, 3.8) is 0 Å². The molecule has 3 amide bonds. The first kappa shape index (κ1) is 15.2. The van der Waals surface area contributed by atoms with Crippen LogP contribution in [0, 0.1) is 0 Å². The van der Waals surface area contributed by atoms with Crippen LogP contribution in [0.2, 0.25) is 0 Å². The molecule has 6 nitrogen and oxygen atoms in total. The summed E-state index contributed by atoms with van der Waals surface area (Å²) in [7, 11) is 1.87. The molecule has 2 atom stereocenters. The lowest BCUT2D eigenvalue weighted by atomic mass is 10.3. The van der Waals surface area contributed by atoms with E-state index in [0.29, 0.717) is 6.54 Å². The highest BCUT2D eigenvalue weighted by atomic mass is 16.3. The van der Waals surface area contributed by atoms with Crippen LogP contribution in [0.3, 0.4) is 0 Å². The van der Waals surface area contributed by atoms with Gasteiger partial charge in [-0.05, 0) is 25.5 Å². The van der Waals surface area contributed by atoms with Crippen molar-refractivity contribution in [2.45, 2.75) is 32.9 Å². The van der Waals surface area contributed by atoms with E-state index in [1.807, 2.05) is 33.0 Å². The number of carbonyl (C=O) groups is 2. The maximum Gasteiger partial charge on any atom is 0.321 e. The molecule has 1 aromatic rings. The van der Waals surface area contributed by atoms with Gasteiger partial charge in [0.25, 0.3) is 5.91 Å². The average molecular weight is 268 g/mol. The Morgan fingerprint density at radius 1 is 1.47 bits per heavy atom. The van der Waals surface area contributed by atoms with Crippen molar-refractivity contribution in [1.82, 2.24) is 10.6 Å². The van der Waals surface area contributed by atoms with E-state index in [9.17, 15) is 9.59 Å². The molecule has 1 unspecified atom stereocenters. The van der Waals surface area contributed by atoms with Crippen LogP contribution in [0.1, 0.15) is 26.0 Å². The van der Waals surface area contributed by atoms with E-state index in [2.05, 4.69) is 10.6 Å². The first-order chi connectivity index (χ1) is 9.01. The molecule has 0 aromatic carbocycles. The number of carbonyl (C=O) groups excluding carboxylic acids is 2. The Labute approximate surface area is 113 Å². The molecule has 1 rings (SSSR count). The summed E-state index contributed by atoms with van der Waals surface area (Å²) in [6.07, 6.45) is 2.42. The highest BCUT2D eigenvalue weighted by Gasteiger charge is 2.15. The summed E-state index contributed by atoms with van der Waals surface area (Å²) in [6, 6.07) is 3.28. The van der Waals surface area contributed by atoms with Crippen molar-refractivity contribution in [3.8, 4) is 0 Å². The molecule has 0 saturated heterocycles. The molecule has 106 valence electrons. The van der Waals surface area contributed by atoms with Crippen LogP contribution in [0.25, 0.3) is 0 Å². The zero-order valence-corrected chi connectivity index (χ0v) is 11.7. The van der Waals surface area contributed by atoms with Gasteiger partial charge in [0.2, 0.25) is 0 Å². The Morgan fingerprint density at radius 3 is 2.79 bits per heavy atom. The number of amides is 3. The predicted octanol–water partition coefficient (Wildman–Crippen LogP) is -0.0814. The number of rotatable bonds is 6. The standard InChI is InChI=1S/C13H21N3O3/c1-4-10(2)14-13(18)15-12(17)9-16(3)8-11-6-5-7-19-11/h5-7,10H,4,8-9H2,1-3H3,(H2,14,15,17,18)/p+1/t10-/m0/s1. The summed E-state index contributed by atoms with van der Waals surface area (Å²) >= 11 is 0. The van der Waals surface area contributed by atoms with Gasteiger partial charge in [-0.1, -0.05) is 6.92 Å². The SMILES string of the molecule is CC[C@H](C)NC(=O)NC(=O)C[NH+](C)Cc1ccco1. The monoisotopic (exact) mass is 268 g/mol. The van der Waals surface area contributed by atoms with Gasteiger partial charge in [-0.3, -0.25) is 10.1 Å². The molecule has 0 bridgehead atoms. The second-order valence-corrected chi connectivity index (χ2v) is 4.72. The van der Waals surface area contributed by atoms with E-state index >= 15 is 0 Å². The largest absolute Gasteiger partial charge is 0.463 e. The zero-order valence-electron chi connectivity index (χ0n) is 11.7. The van der Waals surface area contributed by atoms with Crippen molar-refractivity contribution in [2.75, 3.05) is 13.6 Å². The lowest BCUT2D eigenvalue weighted by Gasteiger charge is -2.14. The van der Waals surface area contributed by atoms with E-state index in [0.717, 1.165) is 17.1 Å². The van der Waals surface area contributed by atoms with Crippen LogP contribution < -0.4 is 15.5 Å². The Hall–Kier alpha value is -1.82. The molecule has 1 heterocycles. The molecule has 0 radical (unpaired) electrons. The Balaban J connectivity index is 2.28. The van der Waals surface area contributed by atoms with E-state index < -0.39 is 6.03 Å². The minimum Gasteiger partial charge on any atom is -0.463 e. The Kier molecular flexibility index (Phi) is 6.08. The quantitative estimate of drug-likeness (QED) is 0.675. The highest BCUT2D eigenvalue weighted by Crippen LogP contribution is 1.96. The lowest BCUT2D eigenvalue weighted by Crippen LogP contribution is -3.09. The smallest absolute Gasteiger partial charge is 0.321 e. The van der Waals surface area contributed by atoms with Gasteiger partial charge in [-0.25, -0.2) is 4.79 Å². The molecular formula is C13H22N3O3+. The van der Waals surface area contributed by atoms with Gasteiger partial charge in [0.15, 0.2) is 12.3 Å². The molecule has 0 aliphatic rings. The van der Waals surface area contributed by atoms with Gasteiger partial charge in [0, 0.05) is 6.04 Å². The summed E-state index contributed by atoms with van der Waals surface area (Å²) in [5, 5.41) is 5.00. The molecule has 0 aliphatic heterocycles. The van der Waals surface area contributed by atoms with E-state index in [4.69, 9.17) is 4.42 Å². The first-order valence-corrected chi connectivity index (χ1v) is 6.45. The molecule has 0 fully saturated rings. The summed E-state index contributed by atoms with van der Waals surface area (Å²) in [5.41, 5.74) is 0. The second kappa shape index (κ2) is 7.58. The third-order valence-corrected chi connectivity index (χ3v) is 2.76. The van der Waals surface area contributed by atoms with Crippen molar-refractivity contribution < 1.29 is 18.9 Å². The first-order valence-electron chi connectivity index (χ1n) is 6.45. The van der Waals surface area contributed by atoms with Crippen molar-refractivity contribution >= 4 is 11.9 Å². The number of urea groups is 1. The van der Waals surface area contributed by atoms with Gasteiger partial charge < -0.3 is 14.6 Å². The van der Waals surface area contributed by atoms with Gasteiger partial charge in [-0.2, -0.15) is 0 Å². The molecule has 19 heavy (non-hydrogen) atoms. The molecule has 1 aromatic heterocycles. The molecule has 0 aliphatic carbocycles. The fourth-order valence-electron chi connectivity index (χ4n) is 1.58. The fourth-order valence-corrected chi connectivity index (χ4v) is 1.58. The van der Waals surface area contributed by atoms with Gasteiger partial charge >= 0.3 is 6.03 Å². The van der Waals surface area contributed by atoms with Crippen molar-refractivity contribution in [2.24, 2.45) is 0 Å². The number of imide groups is 1. The van der Waals surface area contributed by atoms with Crippen LogP contribution in [-0.2, 0) is 11.3 Å². The number of quaternary nitrogens is 1. The number of hydrogen-bond acceptors (Lipinski definition) is 3. The van der Waals surface area contributed by atoms with E-state index in [1.54, 1.807) is 6.26 Å². The summed E-state index contributed by atoms with van der Waals surface area (Å²) in [6.45, 7) is 4.68. The van der Waals surface area contributed by atoms with Gasteiger partial charge in [0.05, 0.1) is 13.3 Å². The third-order valence-electron chi connectivity index (χ3n) is 2.76. The Bertz CT molecular complexity index is 403. The van der Waals surface area contributed by atoms with Gasteiger partial charge in [0.1, 0.15) is 6.54 Å². The summed E-state index contributed by atoms with van der Waals surface area (Å²) < 4.78 is 5.20. The summed E-state index contributed by atoms with van der Waals surface area (Å²) in [4.78, 5) is 24.0. The van der Waals surface area contributed by atoms with Crippen LogP contribution in [0.4, 0.5) is 4.79 Å². The number of likely N-dealkylation sites (N-methyl/N-ethyl adjacent to an activating group) is 1. The molecule has 0 spiro atoms. The summed E-state index contributed by atoms with van der Waals surface area (Å²) in [5.74, 6) is 0.513. The van der Waals surface area contributed by atoms with E-state index in [1.165, 1.54) is 0 Å². The maximum atomic E-state index is 11.6. The second-order valence-electron chi connectivity index (χ2n) is 4.72. The molecule has 0 saturated carbocycles. The zero-order chi connectivity index (χ0) is 14.3. The normalized spacial score (nSPS) is 13.6. The van der Waals surface area contributed by atoms with Crippen LogP contribution in [-0.4, -0.2) is 31.6 Å². The van der Waals surface area contributed by atoms with E-state index in [-0.39, 0.29) is 18.5 Å². The van der Waals surface area contributed by atoms with Crippen molar-refractivity contribution in [1.29, 1.82) is 0 Å². The van der Waals surface area contributed by atoms with Gasteiger partial charge in [-0.15, -0.1) is 0 Å².